The van der Waals surface area contributed by atoms with Crippen LogP contribution in [0.1, 0.15) is 49.0 Å². The second-order valence-corrected chi connectivity index (χ2v) is 9.36. The zero-order chi connectivity index (χ0) is 21.8. The predicted molar refractivity (Wildman–Crippen MR) is 111 cm³/mol. The molecule has 6 rings (SSSR count). The minimum atomic E-state index is -1.30. The van der Waals surface area contributed by atoms with Crippen molar-refractivity contribution in [1.82, 2.24) is 20.4 Å². The Kier molecular flexibility index (Phi) is 4.56. The molecule has 4 aliphatic rings. The van der Waals surface area contributed by atoms with Crippen LogP contribution in [0.25, 0.3) is 10.8 Å². The topological polar surface area (TPSA) is 130 Å². The smallest absolute Gasteiger partial charge is 0.357 e. The van der Waals surface area contributed by atoms with Crippen LogP contribution >= 0.6 is 0 Å². The lowest BCUT2D eigenvalue weighted by molar-refractivity contribution is -0.120. The molecule has 1 aromatic carbocycles. The van der Waals surface area contributed by atoms with Crippen LogP contribution in [-0.2, 0) is 11.3 Å². The van der Waals surface area contributed by atoms with Gasteiger partial charge in [-0.3, -0.25) is 14.9 Å². The van der Waals surface area contributed by atoms with Gasteiger partial charge in [-0.15, -0.1) is 0 Å². The fourth-order valence-electron chi connectivity index (χ4n) is 6.34. The lowest BCUT2D eigenvalue weighted by Gasteiger charge is -2.56. The van der Waals surface area contributed by atoms with E-state index in [0.29, 0.717) is 17.8 Å². The number of benzene rings is 1. The van der Waals surface area contributed by atoms with Gasteiger partial charge in [-0.1, -0.05) is 18.2 Å². The zero-order valence-electron chi connectivity index (χ0n) is 17.0. The van der Waals surface area contributed by atoms with Crippen LogP contribution in [0.5, 0.6) is 0 Å². The summed E-state index contributed by atoms with van der Waals surface area (Å²) >= 11 is 0. The molecular formula is C22H24N4O5. The van der Waals surface area contributed by atoms with E-state index in [0.717, 1.165) is 23.9 Å². The molecule has 4 saturated carbocycles. The van der Waals surface area contributed by atoms with Gasteiger partial charge < -0.3 is 10.4 Å². The quantitative estimate of drug-likeness (QED) is 0.687. The van der Waals surface area contributed by atoms with Crippen molar-refractivity contribution in [1.29, 1.82) is 0 Å². The highest BCUT2D eigenvalue weighted by Gasteiger charge is 2.51. The van der Waals surface area contributed by atoms with Crippen LogP contribution in [-0.4, -0.2) is 38.3 Å². The molecule has 0 aliphatic heterocycles. The first-order valence-electron chi connectivity index (χ1n) is 10.7. The van der Waals surface area contributed by atoms with Crippen LogP contribution in [0.2, 0.25) is 0 Å². The molecule has 3 N–H and O–H groups in total. The Bertz CT molecular complexity index is 1120. The Hall–Kier alpha value is -3.23. The Morgan fingerprint density at radius 1 is 1.03 bits per heavy atom. The molecule has 9 nitrogen and oxygen atoms in total. The first-order chi connectivity index (χ1) is 14.8. The van der Waals surface area contributed by atoms with Crippen LogP contribution in [0.3, 0.4) is 0 Å². The normalized spacial score (nSPS) is 28.5. The number of nitrogens with one attached hydrogen (secondary N) is 2. The summed E-state index contributed by atoms with van der Waals surface area (Å²) in [7, 11) is 0. The highest BCUT2D eigenvalue weighted by atomic mass is 16.4. The number of carboxylic acid groups (broad SMARTS) is 1. The van der Waals surface area contributed by atoms with Gasteiger partial charge in [-0.05, 0) is 62.3 Å². The van der Waals surface area contributed by atoms with E-state index in [1.54, 1.807) is 12.1 Å². The number of aromatic nitrogens is 2. The maximum atomic E-state index is 12.7. The summed E-state index contributed by atoms with van der Waals surface area (Å²) in [4.78, 5) is 49.2. The van der Waals surface area contributed by atoms with Crippen molar-refractivity contribution in [3.8, 4) is 0 Å². The third-order valence-electron chi connectivity index (χ3n) is 7.03. The highest BCUT2D eigenvalue weighted by Crippen LogP contribution is 2.55. The summed E-state index contributed by atoms with van der Waals surface area (Å²) in [6, 6.07) is 5.64. The molecule has 0 spiro atoms. The van der Waals surface area contributed by atoms with E-state index in [2.05, 4.69) is 15.7 Å². The van der Waals surface area contributed by atoms with Crippen molar-refractivity contribution in [3.05, 3.63) is 40.3 Å². The number of fused-ring (bicyclic) bond motifs is 1. The van der Waals surface area contributed by atoms with Gasteiger partial charge in [0.05, 0.1) is 5.39 Å². The second-order valence-electron chi connectivity index (χ2n) is 9.36. The fourth-order valence-corrected chi connectivity index (χ4v) is 6.34. The van der Waals surface area contributed by atoms with E-state index in [4.69, 9.17) is 0 Å². The monoisotopic (exact) mass is 424 g/mol. The third-order valence-corrected chi connectivity index (χ3v) is 7.03. The van der Waals surface area contributed by atoms with E-state index >= 15 is 0 Å². The van der Waals surface area contributed by atoms with Gasteiger partial charge in [0.15, 0.2) is 5.69 Å². The van der Waals surface area contributed by atoms with Crippen molar-refractivity contribution in [2.75, 3.05) is 0 Å². The molecule has 2 aromatic rings. The zero-order valence-corrected chi connectivity index (χ0v) is 17.0. The standard InChI is InChI=1S/C22H24N4O5/c27-17(11-26-19(28)16-4-2-1-3-15(16)18(25-26)20(29)30)23-21(31)24-22-8-12-5-13(9-22)7-14(6-12)10-22/h1-4,12-14H,5-11H2,(H,29,30)(H2,23,24,27,31). The molecule has 0 saturated heterocycles. The van der Waals surface area contributed by atoms with Crippen molar-refractivity contribution in [3.63, 3.8) is 0 Å². The van der Waals surface area contributed by atoms with Gasteiger partial charge in [-0.2, -0.15) is 5.10 Å². The molecule has 1 heterocycles. The summed E-state index contributed by atoms with van der Waals surface area (Å²) < 4.78 is 0.791. The number of imide groups is 1. The number of rotatable bonds is 4. The average molecular weight is 424 g/mol. The van der Waals surface area contributed by atoms with Gasteiger partial charge in [0.2, 0.25) is 5.91 Å². The summed E-state index contributed by atoms with van der Waals surface area (Å²) in [5, 5.41) is 19.0. The van der Waals surface area contributed by atoms with Crippen molar-refractivity contribution < 1.29 is 19.5 Å². The number of aromatic carboxylic acids is 1. The molecule has 9 heteroatoms. The van der Waals surface area contributed by atoms with Crippen LogP contribution in [0, 0.1) is 17.8 Å². The minimum Gasteiger partial charge on any atom is -0.476 e. The minimum absolute atomic E-state index is 0.153. The largest absolute Gasteiger partial charge is 0.476 e. The van der Waals surface area contributed by atoms with Crippen molar-refractivity contribution in [2.24, 2.45) is 17.8 Å². The number of hydrogen-bond donors (Lipinski definition) is 3. The van der Waals surface area contributed by atoms with Crippen molar-refractivity contribution in [2.45, 2.75) is 50.6 Å². The molecule has 4 bridgehead atoms. The van der Waals surface area contributed by atoms with Gasteiger partial charge in [-0.25, -0.2) is 14.3 Å². The molecule has 1 aromatic heterocycles. The Labute approximate surface area is 177 Å². The number of amides is 3. The first-order valence-corrected chi connectivity index (χ1v) is 10.7. The molecule has 0 unspecified atom stereocenters. The molecule has 162 valence electrons. The number of carboxylic acids is 1. The average Bonchev–Trinajstić information content (AvgIpc) is 2.68. The number of carbonyl (C=O) groups excluding carboxylic acids is 2. The molecule has 4 fully saturated rings. The molecule has 0 radical (unpaired) electrons. The van der Waals surface area contributed by atoms with E-state index in [1.807, 2.05) is 0 Å². The number of nitrogens with zero attached hydrogens (tertiary/aromatic N) is 2. The summed E-state index contributed by atoms with van der Waals surface area (Å²) in [6.45, 7) is -0.543. The fraction of sp³-hybridized carbons (Fsp3) is 0.500. The number of hydrogen-bond acceptors (Lipinski definition) is 5. The first kappa shape index (κ1) is 19.7. The lowest BCUT2D eigenvalue weighted by Crippen LogP contribution is -2.62. The number of carbonyl (C=O) groups is 3. The number of urea groups is 1. The Morgan fingerprint density at radius 2 is 1.61 bits per heavy atom. The van der Waals surface area contributed by atoms with Gasteiger partial charge in [0, 0.05) is 10.9 Å². The molecule has 3 amide bonds. The molecule has 4 aliphatic carbocycles. The van der Waals surface area contributed by atoms with E-state index in [-0.39, 0.29) is 22.0 Å². The Balaban J connectivity index is 1.30. The van der Waals surface area contributed by atoms with Gasteiger partial charge in [0.25, 0.3) is 5.56 Å². The maximum absolute atomic E-state index is 12.7. The van der Waals surface area contributed by atoms with Gasteiger partial charge in [0.1, 0.15) is 6.54 Å². The summed E-state index contributed by atoms with van der Waals surface area (Å²) in [5.41, 5.74) is -1.15. The summed E-state index contributed by atoms with van der Waals surface area (Å²) in [6.07, 6.45) is 6.58. The summed E-state index contributed by atoms with van der Waals surface area (Å²) in [5.74, 6) is -0.0698. The maximum Gasteiger partial charge on any atom is 0.357 e. The van der Waals surface area contributed by atoms with E-state index in [9.17, 15) is 24.3 Å². The Morgan fingerprint density at radius 3 is 2.19 bits per heavy atom. The van der Waals surface area contributed by atoms with E-state index < -0.39 is 30.0 Å². The SMILES string of the molecule is O=C(Cn1nc(C(=O)O)c2ccccc2c1=O)NC(=O)NC12CC3CC(CC(C3)C1)C2. The molecular weight excluding hydrogens is 400 g/mol. The van der Waals surface area contributed by atoms with Crippen molar-refractivity contribution >= 4 is 28.7 Å². The molecule has 0 atom stereocenters. The predicted octanol–water partition coefficient (Wildman–Crippen LogP) is 1.89. The second kappa shape index (κ2) is 7.18. The lowest BCUT2D eigenvalue weighted by atomic mass is 9.53. The van der Waals surface area contributed by atoms with Crippen LogP contribution < -0.4 is 16.2 Å². The molecule has 31 heavy (non-hydrogen) atoms. The highest BCUT2D eigenvalue weighted by molar-refractivity contribution is 6.01. The third kappa shape index (κ3) is 3.58. The van der Waals surface area contributed by atoms with Gasteiger partial charge >= 0.3 is 12.0 Å². The van der Waals surface area contributed by atoms with Crippen LogP contribution in [0.15, 0.2) is 29.1 Å². The van der Waals surface area contributed by atoms with Crippen LogP contribution in [0.4, 0.5) is 4.79 Å². The van der Waals surface area contributed by atoms with E-state index in [1.165, 1.54) is 31.4 Å².